The van der Waals surface area contributed by atoms with Crippen LogP contribution in [0.3, 0.4) is 0 Å². The van der Waals surface area contributed by atoms with Crippen molar-refractivity contribution in [1.29, 1.82) is 0 Å². The number of likely N-dealkylation sites (N-methyl/N-ethyl adjacent to an activating group) is 1. The fourth-order valence-electron chi connectivity index (χ4n) is 0.289. The lowest BCUT2D eigenvalue weighted by Crippen LogP contribution is -2.11. The van der Waals surface area contributed by atoms with Gasteiger partial charge >= 0.3 is 0 Å². The molecule has 0 unspecified atom stereocenters. The molecule has 0 saturated carbocycles. The van der Waals surface area contributed by atoms with Crippen LogP contribution in [-0.4, -0.2) is 13.1 Å². The molecule has 40 valence electrons. The third-order valence-corrected chi connectivity index (χ3v) is 0.641. The van der Waals surface area contributed by atoms with Crippen LogP contribution in [0.1, 0.15) is 6.92 Å². The number of rotatable bonds is 3. The molecule has 0 aliphatic rings. The van der Waals surface area contributed by atoms with Gasteiger partial charge in [-0.3, -0.25) is 0 Å². The Morgan fingerprint density at radius 2 is 2.57 bits per heavy atom. The predicted molar refractivity (Wildman–Crippen MR) is 32.3 cm³/mol. The third-order valence-electron chi connectivity index (χ3n) is 0.641. The van der Waals surface area contributed by atoms with Crippen LogP contribution in [0.15, 0.2) is 18.4 Å². The molecule has 0 fully saturated rings. The molecule has 7 heavy (non-hydrogen) atoms. The quantitative estimate of drug-likeness (QED) is 0.408. The molecule has 1 N–H and O–H groups in total. The number of hydrogen-bond donors (Lipinski definition) is 1. The highest BCUT2D eigenvalue weighted by atomic mass is 14.8. The van der Waals surface area contributed by atoms with Gasteiger partial charge in [0.2, 0.25) is 0 Å². The first-order chi connectivity index (χ1) is 3.41. The lowest BCUT2D eigenvalue weighted by Gasteiger charge is -1.88. The van der Waals surface area contributed by atoms with Gasteiger partial charge in [-0.1, -0.05) is 13.5 Å². The molecule has 0 aromatic carbocycles. The summed E-state index contributed by atoms with van der Waals surface area (Å²) in [5.41, 5.74) is 2.66. The Kier molecular flexibility index (Phi) is 5.07. The van der Waals surface area contributed by atoms with Crippen LogP contribution in [0, 0.1) is 0 Å². The van der Waals surface area contributed by atoms with E-state index in [0.717, 1.165) is 13.1 Å². The van der Waals surface area contributed by atoms with E-state index in [4.69, 9.17) is 0 Å². The van der Waals surface area contributed by atoms with Crippen molar-refractivity contribution in [2.24, 2.45) is 0 Å². The van der Waals surface area contributed by atoms with Crippen molar-refractivity contribution in [3.05, 3.63) is 18.4 Å². The highest BCUT2D eigenvalue weighted by Crippen LogP contribution is 1.58. The SMILES string of the molecule is C=C=CCNCC. The topological polar surface area (TPSA) is 12.0 Å². The smallest absolute Gasteiger partial charge is 0.0209 e. The maximum absolute atomic E-state index is 3.41. The zero-order chi connectivity index (χ0) is 5.54. The Morgan fingerprint density at radius 1 is 1.86 bits per heavy atom. The lowest BCUT2D eigenvalue weighted by molar-refractivity contribution is 0.800. The van der Waals surface area contributed by atoms with Gasteiger partial charge in [-0.25, -0.2) is 0 Å². The van der Waals surface area contributed by atoms with E-state index in [9.17, 15) is 0 Å². The fourth-order valence-corrected chi connectivity index (χ4v) is 0.289. The summed E-state index contributed by atoms with van der Waals surface area (Å²) in [5, 5.41) is 3.09. The second kappa shape index (κ2) is 5.48. The summed E-state index contributed by atoms with van der Waals surface area (Å²) in [7, 11) is 0. The molecule has 1 heteroatoms. The van der Waals surface area contributed by atoms with Crippen LogP contribution < -0.4 is 5.32 Å². The van der Waals surface area contributed by atoms with Gasteiger partial charge < -0.3 is 5.32 Å². The van der Waals surface area contributed by atoms with E-state index in [2.05, 4.69) is 24.6 Å². The summed E-state index contributed by atoms with van der Waals surface area (Å²) in [6, 6.07) is 0. The van der Waals surface area contributed by atoms with Gasteiger partial charge in [-0.05, 0) is 12.6 Å². The van der Waals surface area contributed by atoms with Gasteiger partial charge in [-0.2, -0.15) is 0 Å². The summed E-state index contributed by atoms with van der Waals surface area (Å²) >= 11 is 0. The molecule has 0 amide bonds. The van der Waals surface area contributed by atoms with Crippen molar-refractivity contribution in [3.8, 4) is 0 Å². The predicted octanol–water partition coefficient (Wildman–Crippen LogP) is 0.937. The average molecular weight is 97.2 g/mol. The molecule has 0 heterocycles. The van der Waals surface area contributed by atoms with E-state index in [1.165, 1.54) is 0 Å². The van der Waals surface area contributed by atoms with E-state index in [1.807, 2.05) is 6.08 Å². The molecule has 0 aromatic heterocycles. The summed E-state index contributed by atoms with van der Waals surface area (Å²) in [6.45, 7) is 7.38. The molecule has 0 aliphatic heterocycles. The highest BCUT2D eigenvalue weighted by molar-refractivity contribution is 4.77. The first kappa shape index (κ1) is 6.48. The van der Waals surface area contributed by atoms with Gasteiger partial charge in [0.25, 0.3) is 0 Å². The first-order valence-corrected chi connectivity index (χ1v) is 2.46. The molecule has 0 atom stereocenters. The van der Waals surface area contributed by atoms with Gasteiger partial charge in [-0.15, -0.1) is 5.73 Å². The van der Waals surface area contributed by atoms with E-state index < -0.39 is 0 Å². The Labute approximate surface area is 44.7 Å². The fraction of sp³-hybridized carbons (Fsp3) is 0.500. The van der Waals surface area contributed by atoms with Crippen LogP contribution >= 0.6 is 0 Å². The van der Waals surface area contributed by atoms with Crippen LogP contribution in [-0.2, 0) is 0 Å². The molecule has 0 radical (unpaired) electrons. The largest absolute Gasteiger partial charge is 0.313 e. The second-order valence-electron chi connectivity index (χ2n) is 1.22. The monoisotopic (exact) mass is 97.1 g/mol. The van der Waals surface area contributed by atoms with Gasteiger partial charge in [0.05, 0.1) is 0 Å². The minimum Gasteiger partial charge on any atom is -0.313 e. The molecule has 0 spiro atoms. The van der Waals surface area contributed by atoms with Crippen molar-refractivity contribution in [1.82, 2.24) is 5.32 Å². The van der Waals surface area contributed by atoms with Gasteiger partial charge in [0, 0.05) is 6.54 Å². The zero-order valence-corrected chi connectivity index (χ0v) is 4.70. The van der Waals surface area contributed by atoms with Crippen molar-refractivity contribution in [2.45, 2.75) is 6.92 Å². The molecular formula is C6H11N. The summed E-state index contributed by atoms with van der Waals surface area (Å²) < 4.78 is 0. The summed E-state index contributed by atoms with van der Waals surface area (Å²) in [4.78, 5) is 0. The van der Waals surface area contributed by atoms with E-state index >= 15 is 0 Å². The maximum atomic E-state index is 3.41. The Hall–Kier alpha value is -0.520. The summed E-state index contributed by atoms with van der Waals surface area (Å²) in [6.07, 6.45) is 1.86. The van der Waals surface area contributed by atoms with Crippen molar-refractivity contribution < 1.29 is 0 Å². The van der Waals surface area contributed by atoms with E-state index in [-0.39, 0.29) is 0 Å². The Balaban J connectivity index is 2.83. The van der Waals surface area contributed by atoms with Gasteiger partial charge in [0.15, 0.2) is 0 Å². The molecule has 0 aliphatic carbocycles. The Morgan fingerprint density at radius 3 is 3.00 bits per heavy atom. The minimum atomic E-state index is 0.889. The lowest BCUT2D eigenvalue weighted by atomic mass is 10.6. The zero-order valence-electron chi connectivity index (χ0n) is 4.70. The van der Waals surface area contributed by atoms with Crippen LogP contribution in [0.25, 0.3) is 0 Å². The van der Waals surface area contributed by atoms with Crippen LogP contribution in [0.2, 0.25) is 0 Å². The summed E-state index contributed by atoms with van der Waals surface area (Å²) in [5.74, 6) is 0. The van der Waals surface area contributed by atoms with Crippen molar-refractivity contribution in [3.63, 3.8) is 0 Å². The van der Waals surface area contributed by atoms with E-state index in [1.54, 1.807) is 0 Å². The highest BCUT2D eigenvalue weighted by Gasteiger charge is 1.68. The van der Waals surface area contributed by atoms with Gasteiger partial charge in [0.1, 0.15) is 0 Å². The number of hydrogen-bond acceptors (Lipinski definition) is 1. The molecule has 0 saturated heterocycles. The maximum Gasteiger partial charge on any atom is 0.0209 e. The molecule has 1 nitrogen and oxygen atoms in total. The van der Waals surface area contributed by atoms with E-state index in [0.29, 0.717) is 0 Å². The molecule has 0 aromatic rings. The molecular weight excluding hydrogens is 86.1 g/mol. The normalized spacial score (nSPS) is 7.57. The Bertz CT molecular complexity index is 70.2. The molecule has 0 rings (SSSR count). The first-order valence-electron chi connectivity index (χ1n) is 2.46. The average Bonchev–Trinajstić information content (AvgIpc) is 1.69. The standard InChI is InChI=1S/C6H11N/c1-3-5-6-7-4-2/h5,7H,1,4,6H2,2H3. The van der Waals surface area contributed by atoms with Crippen molar-refractivity contribution in [2.75, 3.05) is 13.1 Å². The number of nitrogens with one attached hydrogen (secondary N) is 1. The van der Waals surface area contributed by atoms with Crippen molar-refractivity contribution >= 4 is 0 Å². The third kappa shape index (κ3) is 5.48. The second-order valence-corrected chi connectivity index (χ2v) is 1.22. The van der Waals surface area contributed by atoms with Crippen LogP contribution in [0.4, 0.5) is 0 Å². The minimum absolute atomic E-state index is 0.889. The molecule has 0 bridgehead atoms. The van der Waals surface area contributed by atoms with Crippen LogP contribution in [0.5, 0.6) is 0 Å².